The molecule has 4 heteroatoms. The highest BCUT2D eigenvalue weighted by atomic mass is 16.3. The Labute approximate surface area is 86.7 Å². The van der Waals surface area contributed by atoms with Crippen molar-refractivity contribution in [1.29, 1.82) is 0 Å². The average molecular weight is 202 g/mol. The van der Waals surface area contributed by atoms with E-state index in [2.05, 4.69) is 4.98 Å². The van der Waals surface area contributed by atoms with Crippen molar-refractivity contribution in [3.05, 3.63) is 47.7 Å². The number of hydrogen-bond acceptors (Lipinski definition) is 4. The van der Waals surface area contributed by atoms with Gasteiger partial charge in [0.15, 0.2) is 5.76 Å². The van der Waals surface area contributed by atoms with Crippen molar-refractivity contribution in [3.8, 4) is 0 Å². The number of anilines is 1. The second-order valence-electron chi connectivity index (χ2n) is 3.20. The molecule has 76 valence electrons. The summed E-state index contributed by atoms with van der Waals surface area (Å²) in [7, 11) is 0. The van der Waals surface area contributed by atoms with E-state index >= 15 is 0 Å². The van der Waals surface area contributed by atoms with Crippen LogP contribution in [0.2, 0.25) is 0 Å². The van der Waals surface area contributed by atoms with Gasteiger partial charge in [0.1, 0.15) is 5.76 Å². The summed E-state index contributed by atoms with van der Waals surface area (Å²) in [6, 6.07) is 4.96. The van der Waals surface area contributed by atoms with Crippen molar-refractivity contribution in [2.24, 2.45) is 0 Å². The Morgan fingerprint density at radius 1 is 1.40 bits per heavy atom. The van der Waals surface area contributed by atoms with Crippen LogP contribution in [0.4, 0.5) is 5.69 Å². The number of nitrogen functional groups attached to an aromatic ring is 1. The van der Waals surface area contributed by atoms with Gasteiger partial charge >= 0.3 is 0 Å². The maximum Gasteiger partial charge on any atom is 0.230 e. The molecule has 0 unspecified atom stereocenters. The number of rotatable bonds is 2. The molecular weight excluding hydrogens is 192 g/mol. The first-order chi connectivity index (χ1) is 7.18. The van der Waals surface area contributed by atoms with Crippen LogP contribution in [0, 0.1) is 6.92 Å². The third-order valence-electron chi connectivity index (χ3n) is 2.06. The summed E-state index contributed by atoms with van der Waals surface area (Å²) in [5.74, 6) is 0.777. The van der Waals surface area contributed by atoms with Crippen molar-refractivity contribution in [1.82, 2.24) is 4.98 Å². The van der Waals surface area contributed by atoms with E-state index in [0.717, 1.165) is 0 Å². The van der Waals surface area contributed by atoms with Crippen LogP contribution < -0.4 is 5.73 Å². The Kier molecular flexibility index (Phi) is 2.25. The highest BCUT2D eigenvalue weighted by Gasteiger charge is 2.15. The molecule has 0 atom stereocenters. The van der Waals surface area contributed by atoms with Crippen LogP contribution in [0.15, 0.2) is 35.0 Å². The summed E-state index contributed by atoms with van der Waals surface area (Å²) in [4.78, 5) is 15.7. The highest BCUT2D eigenvalue weighted by molar-refractivity contribution is 6.10. The van der Waals surface area contributed by atoms with Gasteiger partial charge in [-0.3, -0.25) is 9.78 Å². The van der Waals surface area contributed by atoms with Gasteiger partial charge in [0.05, 0.1) is 17.4 Å². The van der Waals surface area contributed by atoms with Crippen molar-refractivity contribution >= 4 is 11.5 Å². The normalized spacial score (nSPS) is 10.2. The third kappa shape index (κ3) is 1.74. The first-order valence-electron chi connectivity index (χ1n) is 4.49. The lowest BCUT2D eigenvalue weighted by molar-refractivity contribution is 0.101. The fourth-order valence-electron chi connectivity index (χ4n) is 1.30. The first-order valence-corrected chi connectivity index (χ1v) is 4.49. The number of aromatic nitrogens is 1. The van der Waals surface area contributed by atoms with Crippen LogP contribution in [0.1, 0.15) is 21.9 Å². The molecule has 0 aliphatic heterocycles. The minimum atomic E-state index is -0.219. The van der Waals surface area contributed by atoms with E-state index in [-0.39, 0.29) is 5.78 Å². The Bertz CT molecular complexity index is 503. The summed E-state index contributed by atoms with van der Waals surface area (Å²) in [5, 5.41) is 0. The maximum absolute atomic E-state index is 11.9. The van der Waals surface area contributed by atoms with Gasteiger partial charge in [0.2, 0.25) is 5.78 Å². The quantitative estimate of drug-likeness (QED) is 0.754. The standard InChI is InChI=1S/C11H10N2O2/c1-7-2-3-10(15-7)11(14)8-4-5-13-6-9(8)12/h2-6H,12H2,1H3. The molecule has 2 aromatic rings. The number of aryl methyl sites for hydroxylation is 1. The van der Waals surface area contributed by atoms with E-state index in [9.17, 15) is 4.79 Å². The topological polar surface area (TPSA) is 69.1 Å². The second-order valence-corrected chi connectivity index (χ2v) is 3.20. The fourth-order valence-corrected chi connectivity index (χ4v) is 1.30. The number of pyridine rings is 1. The molecule has 2 heterocycles. The van der Waals surface area contributed by atoms with Gasteiger partial charge in [0, 0.05) is 6.20 Å². The van der Waals surface area contributed by atoms with Gasteiger partial charge in [0.25, 0.3) is 0 Å². The third-order valence-corrected chi connectivity index (χ3v) is 2.06. The molecule has 0 saturated carbocycles. The lowest BCUT2D eigenvalue weighted by Crippen LogP contribution is -2.04. The number of nitrogens with zero attached hydrogens (tertiary/aromatic N) is 1. The zero-order valence-corrected chi connectivity index (χ0v) is 8.23. The second kappa shape index (κ2) is 3.57. The van der Waals surface area contributed by atoms with E-state index in [1.54, 1.807) is 25.1 Å². The van der Waals surface area contributed by atoms with Gasteiger partial charge in [-0.05, 0) is 25.1 Å². The average Bonchev–Trinajstić information content (AvgIpc) is 2.65. The summed E-state index contributed by atoms with van der Waals surface area (Å²) >= 11 is 0. The van der Waals surface area contributed by atoms with E-state index in [1.807, 2.05) is 0 Å². The Hall–Kier alpha value is -2.10. The minimum absolute atomic E-state index is 0.219. The highest BCUT2D eigenvalue weighted by Crippen LogP contribution is 2.16. The van der Waals surface area contributed by atoms with Gasteiger partial charge in [-0.25, -0.2) is 0 Å². The van der Waals surface area contributed by atoms with Gasteiger partial charge in [-0.15, -0.1) is 0 Å². The fraction of sp³-hybridized carbons (Fsp3) is 0.0909. The van der Waals surface area contributed by atoms with Gasteiger partial charge in [-0.1, -0.05) is 0 Å². The number of ketones is 1. The van der Waals surface area contributed by atoms with E-state index in [0.29, 0.717) is 22.8 Å². The van der Waals surface area contributed by atoms with Crippen molar-refractivity contribution in [3.63, 3.8) is 0 Å². The van der Waals surface area contributed by atoms with Crippen LogP contribution in [0.5, 0.6) is 0 Å². The molecule has 15 heavy (non-hydrogen) atoms. The maximum atomic E-state index is 11.9. The predicted octanol–water partition coefficient (Wildman–Crippen LogP) is 1.80. The van der Waals surface area contributed by atoms with Crippen LogP contribution in [-0.2, 0) is 0 Å². The molecule has 2 aromatic heterocycles. The molecule has 0 aliphatic rings. The monoisotopic (exact) mass is 202 g/mol. The molecule has 0 radical (unpaired) electrons. The summed E-state index contributed by atoms with van der Waals surface area (Å²) in [5.41, 5.74) is 6.41. The van der Waals surface area contributed by atoms with Crippen molar-refractivity contribution < 1.29 is 9.21 Å². The molecule has 0 bridgehead atoms. The summed E-state index contributed by atoms with van der Waals surface area (Å²) in [6.07, 6.45) is 2.97. The Morgan fingerprint density at radius 2 is 2.20 bits per heavy atom. The number of carbonyl (C=O) groups excluding carboxylic acids is 1. The van der Waals surface area contributed by atoms with Crippen LogP contribution >= 0.6 is 0 Å². The van der Waals surface area contributed by atoms with Gasteiger partial charge < -0.3 is 10.2 Å². The van der Waals surface area contributed by atoms with E-state index < -0.39 is 0 Å². The molecule has 2 rings (SSSR count). The van der Waals surface area contributed by atoms with E-state index in [4.69, 9.17) is 10.2 Å². The van der Waals surface area contributed by atoms with Crippen LogP contribution in [0.3, 0.4) is 0 Å². The Balaban J connectivity index is 2.41. The smallest absolute Gasteiger partial charge is 0.230 e. The summed E-state index contributed by atoms with van der Waals surface area (Å²) < 4.78 is 5.23. The molecule has 0 aliphatic carbocycles. The molecule has 0 amide bonds. The summed E-state index contributed by atoms with van der Waals surface area (Å²) in [6.45, 7) is 1.78. The molecule has 0 saturated heterocycles. The lowest BCUT2D eigenvalue weighted by Gasteiger charge is -2.00. The van der Waals surface area contributed by atoms with Gasteiger partial charge in [-0.2, -0.15) is 0 Å². The number of nitrogens with two attached hydrogens (primary N) is 1. The SMILES string of the molecule is Cc1ccc(C(=O)c2ccncc2N)o1. The molecule has 4 nitrogen and oxygen atoms in total. The zero-order chi connectivity index (χ0) is 10.8. The predicted molar refractivity (Wildman–Crippen MR) is 55.5 cm³/mol. The first kappa shape index (κ1) is 9.45. The van der Waals surface area contributed by atoms with Crippen molar-refractivity contribution in [2.75, 3.05) is 5.73 Å². The molecular formula is C11H10N2O2. The minimum Gasteiger partial charge on any atom is -0.458 e. The largest absolute Gasteiger partial charge is 0.458 e. The number of hydrogen-bond donors (Lipinski definition) is 1. The van der Waals surface area contributed by atoms with Crippen LogP contribution in [0.25, 0.3) is 0 Å². The van der Waals surface area contributed by atoms with Crippen LogP contribution in [-0.4, -0.2) is 10.8 Å². The molecule has 0 fully saturated rings. The van der Waals surface area contributed by atoms with E-state index in [1.165, 1.54) is 12.4 Å². The lowest BCUT2D eigenvalue weighted by atomic mass is 10.1. The molecule has 2 N–H and O–H groups in total. The zero-order valence-electron chi connectivity index (χ0n) is 8.23. The Morgan fingerprint density at radius 3 is 2.80 bits per heavy atom. The van der Waals surface area contributed by atoms with Crippen molar-refractivity contribution in [2.45, 2.75) is 6.92 Å². The number of carbonyl (C=O) groups is 1. The molecule has 0 aromatic carbocycles. The molecule has 0 spiro atoms. The number of furan rings is 1.